The summed E-state index contributed by atoms with van der Waals surface area (Å²) in [5.74, 6) is -0.796. The number of aromatic nitrogens is 2. The van der Waals surface area contributed by atoms with Crippen LogP contribution in [0.25, 0.3) is 0 Å². The first-order valence-electron chi connectivity index (χ1n) is 8.25. The van der Waals surface area contributed by atoms with E-state index in [0.29, 0.717) is 4.47 Å². The average Bonchev–Trinajstić information content (AvgIpc) is 2.82. The van der Waals surface area contributed by atoms with E-state index in [9.17, 15) is 9.59 Å². The van der Waals surface area contributed by atoms with Crippen molar-refractivity contribution in [2.24, 2.45) is 0 Å². The number of carbonyl (C=O) groups is 2. The number of likely N-dealkylation sites (N-methyl/N-ethyl adjacent to an activating group) is 1. The molecule has 0 N–H and O–H groups in total. The third-order valence-electron chi connectivity index (χ3n) is 4.84. The van der Waals surface area contributed by atoms with E-state index in [1.165, 1.54) is 12.4 Å². The lowest BCUT2D eigenvalue weighted by atomic mass is 9.80. The Morgan fingerprint density at radius 3 is 2.38 bits per heavy atom. The molecule has 2 aromatic rings. The Balaban J connectivity index is 1.97. The molecule has 0 saturated carbocycles. The molecule has 6 nitrogen and oxygen atoms in total. The van der Waals surface area contributed by atoms with Crippen LogP contribution in [0.4, 0.5) is 0 Å². The third-order valence-corrected chi connectivity index (χ3v) is 5.25. The van der Waals surface area contributed by atoms with Crippen LogP contribution in [0.3, 0.4) is 0 Å². The molecule has 1 aromatic heterocycles. The zero-order valence-corrected chi connectivity index (χ0v) is 16.5. The van der Waals surface area contributed by atoms with Gasteiger partial charge in [-0.3, -0.25) is 9.59 Å². The Morgan fingerprint density at radius 1 is 1.23 bits per heavy atom. The second kappa shape index (κ2) is 6.79. The molecular weight excluding hydrogens is 398 g/mol. The highest BCUT2D eigenvalue weighted by Gasteiger charge is 2.62. The first-order chi connectivity index (χ1) is 12.3. The summed E-state index contributed by atoms with van der Waals surface area (Å²) in [7, 11) is 1.69. The van der Waals surface area contributed by atoms with Crippen LogP contribution < -0.4 is 0 Å². The quantitative estimate of drug-likeness (QED) is 0.564. The standard InChI is InChI=1S/C19H20BrN3O3/c1-18(2)12-19(16(24)23(18)3,15-21-9-14(20)10-22-15)17(25)26-11-13-7-5-4-6-8-13/h4-10H,11-12H2,1-3H3/t19-/m0/s1. The van der Waals surface area contributed by atoms with Gasteiger partial charge in [-0.25, -0.2) is 9.97 Å². The average molecular weight is 418 g/mol. The molecule has 0 spiro atoms. The van der Waals surface area contributed by atoms with Gasteiger partial charge in [-0.1, -0.05) is 30.3 Å². The highest BCUT2D eigenvalue weighted by Crippen LogP contribution is 2.43. The molecule has 2 heterocycles. The maximum atomic E-state index is 13.1. The number of benzene rings is 1. The van der Waals surface area contributed by atoms with E-state index >= 15 is 0 Å². The number of hydrogen-bond acceptors (Lipinski definition) is 5. The fourth-order valence-corrected chi connectivity index (χ4v) is 3.41. The molecule has 1 aromatic carbocycles. The molecule has 0 unspecified atom stereocenters. The first-order valence-corrected chi connectivity index (χ1v) is 9.04. The number of amides is 1. The number of ether oxygens (including phenoxy) is 1. The van der Waals surface area contributed by atoms with Gasteiger partial charge in [0.1, 0.15) is 6.61 Å². The van der Waals surface area contributed by atoms with Gasteiger partial charge in [0.2, 0.25) is 11.3 Å². The summed E-state index contributed by atoms with van der Waals surface area (Å²) < 4.78 is 6.21. The van der Waals surface area contributed by atoms with Gasteiger partial charge in [0.25, 0.3) is 0 Å². The minimum Gasteiger partial charge on any atom is -0.460 e. The Kier molecular flexibility index (Phi) is 4.84. The van der Waals surface area contributed by atoms with Gasteiger partial charge in [0, 0.05) is 31.4 Å². The number of carbonyl (C=O) groups excluding carboxylic acids is 2. The lowest BCUT2D eigenvalue weighted by molar-refractivity contribution is -0.156. The Hall–Kier alpha value is -2.28. The molecule has 1 amide bonds. The summed E-state index contributed by atoms with van der Waals surface area (Å²) in [5, 5.41) is 0. The van der Waals surface area contributed by atoms with E-state index in [1.54, 1.807) is 11.9 Å². The summed E-state index contributed by atoms with van der Waals surface area (Å²) in [4.78, 5) is 36.3. The lowest BCUT2D eigenvalue weighted by Crippen LogP contribution is -2.46. The molecule has 7 heteroatoms. The monoisotopic (exact) mass is 417 g/mol. The van der Waals surface area contributed by atoms with Crippen molar-refractivity contribution in [1.82, 2.24) is 14.9 Å². The normalized spacial score (nSPS) is 21.7. The minimum atomic E-state index is -1.53. The van der Waals surface area contributed by atoms with E-state index < -0.39 is 16.9 Å². The van der Waals surface area contributed by atoms with Crippen LogP contribution in [-0.4, -0.2) is 39.3 Å². The summed E-state index contributed by atoms with van der Waals surface area (Å²) in [6.45, 7) is 3.92. The van der Waals surface area contributed by atoms with Crippen molar-refractivity contribution in [2.45, 2.75) is 37.8 Å². The first kappa shape index (κ1) is 18.5. The summed E-state index contributed by atoms with van der Waals surface area (Å²) in [6, 6.07) is 9.36. The van der Waals surface area contributed by atoms with Crippen LogP contribution in [-0.2, 0) is 26.3 Å². The van der Waals surface area contributed by atoms with Crippen LogP contribution in [0.1, 0.15) is 31.7 Å². The number of hydrogen-bond donors (Lipinski definition) is 0. The molecule has 26 heavy (non-hydrogen) atoms. The highest BCUT2D eigenvalue weighted by molar-refractivity contribution is 9.10. The van der Waals surface area contributed by atoms with Crippen LogP contribution >= 0.6 is 15.9 Å². The highest BCUT2D eigenvalue weighted by atomic mass is 79.9. The van der Waals surface area contributed by atoms with Gasteiger partial charge >= 0.3 is 5.97 Å². The molecule has 1 fully saturated rings. The van der Waals surface area contributed by atoms with E-state index in [2.05, 4.69) is 25.9 Å². The van der Waals surface area contributed by atoms with Gasteiger partial charge < -0.3 is 9.64 Å². The Labute approximate surface area is 160 Å². The zero-order chi connectivity index (χ0) is 18.9. The predicted octanol–water partition coefficient (Wildman–Crippen LogP) is 2.86. The Bertz CT molecular complexity index is 824. The SMILES string of the molecule is CN1C(=O)[C@@](C(=O)OCc2ccccc2)(c2ncc(Br)cn2)CC1(C)C. The Morgan fingerprint density at radius 2 is 1.85 bits per heavy atom. The number of likely N-dealkylation sites (tertiary alicyclic amines) is 1. The molecule has 0 bridgehead atoms. The van der Waals surface area contributed by atoms with Crippen LogP contribution in [0.2, 0.25) is 0 Å². The van der Waals surface area contributed by atoms with Crippen molar-refractivity contribution in [1.29, 1.82) is 0 Å². The molecule has 1 saturated heterocycles. The number of nitrogens with zero attached hydrogens (tertiary/aromatic N) is 3. The van der Waals surface area contributed by atoms with E-state index in [1.807, 2.05) is 44.2 Å². The predicted molar refractivity (Wildman–Crippen MR) is 99.1 cm³/mol. The largest absolute Gasteiger partial charge is 0.460 e. The smallest absolute Gasteiger partial charge is 0.330 e. The molecule has 1 atom stereocenters. The second-order valence-electron chi connectivity index (χ2n) is 7.05. The molecule has 3 rings (SSSR count). The maximum absolute atomic E-state index is 13.1. The van der Waals surface area contributed by atoms with Gasteiger partial charge in [-0.15, -0.1) is 0 Å². The van der Waals surface area contributed by atoms with Gasteiger partial charge in [-0.05, 0) is 35.3 Å². The summed E-state index contributed by atoms with van der Waals surface area (Å²) >= 11 is 3.28. The third kappa shape index (κ3) is 3.11. The van der Waals surface area contributed by atoms with Crippen molar-refractivity contribution in [2.75, 3.05) is 7.05 Å². The number of halogens is 1. The summed E-state index contributed by atoms with van der Waals surface area (Å²) in [5.41, 5.74) is -1.20. The van der Waals surface area contributed by atoms with Gasteiger partial charge in [0.05, 0.1) is 4.47 Å². The molecule has 0 aliphatic carbocycles. The van der Waals surface area contributed by atoms with Crippen molar-refractivity contribution in [3.05, 3.63) is 58.6 Å². The van der Waals surface area contributed by atoms with Gasteiger partial charge in [0.15, 0.2) is 5.82 Å². The molecular formula is C19H20BrN3O3. The van der Waals surface area contributed by atoms with Crippen LogP contribution in [0.5, 0.6) is 0 Å². The number of rotatable bonds is 4. The van der Waals surface area contributed by atoms with Crippen LogP contribution in [0.15, 0.2) is 47.2 Å². The topological polar surface area (TPSA) is 72.4 Å². The lowest BCUT2D eigenvalue weighted by Gasteiger charge is -2.26. The molecule has 1 aliphatic heterocycles. The summed E-state index contributed by atoms with van der Waals surface area (Å²) in [6.07, 6.45) is 3.32. The van der Waals surface area contributed by atoms with E-state index in [4.69, 9.17) is 4.74 Å². The van der Waals surface area contributed by atoms with Crippen LogP contribution in [0, 0.1) is 0 Å². The second-order valence-corrected chi connectivity index (χ2v) is 7.96. The maximum Gasteiger partial charge on any atom is 0.330 e. The molecule has 1 aliphatic rings. The molecule has 0 radical (unpaired) electrons. The van der Waals surface area contributed by atoms with Crippen molar-refractivity contribution in [3.8, 4) is 0 Å². The van der Waals surface area contributed by atoms with Crippen molar-refractivity contribution >= 4 is 27.8 Å². The fourth-order valence-electron chi connectivity index (χ4n) is 3.21. The van der Waals surface area contributed by atoms with Crippen molar-refractivity contribution < 1.29 is 14.3 Å². The fraction of sp³-hybridized carbons (Fsp3) is 0.368. The zero-order valence-electron chi connectivity index (χ0n) is 14.9. The molecule has 136 valence electrons. The van der Waals surface area contributed by atoms with Gasteiger partial charge in [-0.2, -0.15) is 0 Å². The van der Waals surface area contributed by atoms with E-state index in [-0.39, 0.29) is 24.8 Å². The number of esters is 1. The van der Waals surface area contributed by atoms with Crippen molar-refractivity contribution in [3.63, 3.8) is 0 Å². The van der Waals surface area contributed by atoms with E-state index in [0.717, 1.165) is 5.56 Å². The minimum absolute atomic E-state index is 0.0926.